The number of carbonyl (C=O) groups excluding carboxylic acids is 2. The van der Waals surface area contributed by atoms with Gasteiger partial charge < -0.3 is 19.7 Å². The molecule has 0 saturated heterocycles. The second-order valence-corrected chi connectivity index (χ2v) is 10.2. The van der Waals surface area contributed by atoms with E-state index in [1.807, 2.05) is 61.5 Å². The Morgan fingerprint density at radius 2 is 1.71 bits per heavy atom. The first-order chi connectivity index (χ1) is 18.4. The van der Waals surface area contributed by atoms with Crippen LogP contribution in [-0.4, -0.2) is 42.5 Å². The number of nitrogens with one attached hydrogen (secondary N) is 1. The minimum absolute atomic E-state index is 0.140. The van der Waals surface area contributed by atoms with E-state index >= 15 is 0 Å². The summed E-state index contributed by atoms with van der Waals surface area (Å²) in [5.41, 5.74) is 2.71. The van der Waals surface area contributed by atoms with Gasteiger partial charge in [-0.3, -0.25) is 9.59 Å². The van der Waals surface area contributed by atoms with Gasteiger partial charge >= 0.3 is 0 Å². The molecule has 0 radical (unpaired) electrons. The Morgan fingerprint density at radius 3 is 2.42 bits per heavy atom. The minimum Gasteiger partial charge on any atom is -0.497 e. The Kier molecular flexibility index (Phi) is 9.66. The molecule has 0 aromatic heterocycles. The number of nitrogens with zero attached hydrogens (tertiary/aromatic N) is 1. The number of benzene rings is 3. The van der Waals surface area contributed by atoms with Crippen LogP contribution in [0.15, 0.2) is 72.8 Å². The highest BCUT2D eigenvalue weighted by atomic mass is 35.5. The van der Waals surface area contributed by atoms with Crippen LogP contribution in [0.4, 0.5) is 0 Å². The highest BCUT2D eigenvalue weighted by Gasteiger charge is 2.32. The lowest BCUT2D eigenvalue weighted by Gasteiger charge is -2.32. The summed E-state index contributed by atoms with van der Waals surface area (Å²) in [5, 5.41) is 3.85. The topological polar surface area (TPSA) is 67.9 Å². The van der Waals surface area contributed by atoms with Crippen LogP contribution in [0.1, 0.15) is 42.4 Å². The highest BCUT2D eigenvalue weighted by Crippen LogP contribution is 2.23. The van der Waals surface area contributed by atoms with Gasteiger partial charge in [-0.1, -0.05) is 66.9 Å². The van der Waals surface area contributed by atoms with Crippen molar-refractivity contribution in [1.82, 2.24) is 10.2 Å². The Labute approximate surface area is 229 Å². The van der Waals surface area contributed by atoms with Gasteiger partial charge in [0.1, 0.15) is 17.5 Å². The van der Waals surface area contributed by atoms with E-state index < -0.39 is 6.04 Å². The van der Waals surface area contributed by atoms with Crippen molar-refractivity contribution in [2.75, 3.05) is 13.7 Å². The SMILES string of the molecule is COc1cccc(CN(C(=O)COc2ccc(Cl)c(C)c2)C(Cc2ccccc2)C(=O)NC2CCCC2)c1. The molecular formula is C31H35ClN2O4. The number of aryl methyl sites for hydroxylation is 1. The van der Waals surface area contributed by atoms with Crippen molar-refractivity contribution < 1.29 is 19.1 Å². The number of methoxy groups -OCH3 is 1. The van der Waals surface area contributed by atoms with E-state index in [1.165, 1.54) is 0 Å². The number of rotatable bonds is 11. The van der Waals surface area contributed by atoms with Crippen LogP contribution in [0.5, 0.6) is 11.5 Å². The van der Waals surface area contributed by atoms with Crippen LogP contribution in [-0.2, 0) is 22.6 Å². The molecule has 1 N–H and O–H groups in total. The van der Waals surface area contributed by atoms with Crippen molar-refractivity contribution in [3.63, 3.8) is 0 Å². The second-order valence-electron chi connectivity index (χ2n) is 9.77. The van der Waals surface area contributed by atoms with Gasteiger partial charge in [-0.25, -0.2) is 0 Å². The molecule has 1 saturated carbocycles. The zero-order valence-corrected chi connectivity index (χ0v) is 22.7. The molecule has 0 aliphatic heterocycles. The molecule has 1 aliphatic carbocycles. The van der Waals surface area contributed by atoms with Crippen molar-refractivity contribution in [3.8, 4) is 11.5 Å². The molecule has 1 atom stereocenters. The summed E-state index contributed by atoms with van der Waals surface area (Å²) >= 11 is 6.15. The molecule has 4 rings (SSSR count). The zero-order valence-electron chi connectivity index (χ0n) is 22.0. The molecule has 1 aliphatic rings. The Morgan fingerprint density at radius 1 is 0.974 bits per heavy atom. The molecule has 3 aromatic carbocycles. The number of hydrogen-bond donors (Lipinski definition) is 1. The van der Waals surface area contributed by atoms with E-state index in [0.29, 0.717) is 22.9 Å². The van der Waals surface area contributed by atoms with E-state index in [2.05, 4.69) is 5.32 Å². The summed E-state index contributed by atoms with van der Waals surface area (Å²) in [4.78, 5) is 29.1. The molecule has 0 bridgehead atoms. The summed E-state index contributed by atoms with van der Waals surface area (Å²) in [5.74, 6) is 0.830. The predicted molar refractivity (Wildman–Crippen MR) is 150 cm³/mol. The van der Waals surface area contributed by atoms with Gasteiger partial charge in [0, 0.05) is 24.0 Å². The maximum Gasteiger partial charge on any atom is 0.261 e. The maximum atomic E-state index is 13.8. The Balaban J connectivity index is 1.62. The largest absolute Gasteiger partial charge is 0.497 e. The summed E-state index contributed by atoms with van der Waals surface area (Å²) in [7, 11) is 1.61. The lowest BCUT2D eigenvalue weighted by atomic mass is 10.0. The summed E-state index contributed by atoms with van der Waals surface area (Å²) in [6, 6.07) is 22.1. The average Bonchev–Trinajstić information content (AvgIpc) is 3.44. The first-order valence-electron chi connectivity index (χ1n) is 13.1. The summed E-state index contributed by atoms with van der Waals surface area (Å²) in [6.45, 7) is 1.93. The third kappa shape index (κ3) is 7.51. The first kappa shape index (κ1) is 27.5. The Bertz CT molecular complexity index is 1230. The highest BCUT2D eigenvalue weighted by molar-refractivity contribution is 6.31. The van der Waals surface area contributed by atoms with E-state index in [1.54, 1.807) is 30.2 Å². The van der Waals surface area contributed by atoms with Crippen LogP contribution in [0.2, 0.25) is 5.02 Å². The molecule has 200 valence electrons. The molecule has 2 amide bonds. The fraction of sp³-hybridized carbons (Fsp3) is 0.355. The Hall–Kier alpha value is -3.51. The smallest absolute Gasteiger partial charge is 0.261 e. The van der Waals surface area contributed by atoms with Crippen LogP contribution >= 0.6 is 11.6 Å². The van der Waals surface area contributed by atoms with E-state index in [9.17, 15) is 9.59 Å². The number of ether oxygens (including phenoxy) is 2. The molecule has 6 nitrogen and oxygen atoms in total. The van der Waals surface area contributed by atoms with Crippen LogP contribution in [0.3, 0.4) is 0 Å². The lowest BCUT2D eigenvalue weighted by Crippen LogP contribution is -2.53. The summed E-state index contributed by atoms with van der Waals surface area (Å²) in [6.07, 6.45) is 4.54. The van der Waals surface area contributed by atoms with Gasteiger partial charge in [0.15, 0.2) is 6.61 Å². The van der Waals surface area contributed by atoms with E-state index in [0.717, 1.165) is 42.4 Å². The normalized spacial score (nSPS) is 14.1. The van der Waals surface area contributed by atoms with Gasteiger partial charge in [0.25, 0.3) is 5.91 Å². The van der Waals surface area contributed by atoms with Gasteiger partial charge in [-0.2, -0.15) is 0 Å². The monoisotopic (exact) mass is 534 g/mol. The van der Waals surface area contributed by atoms with Crippen LogP contribution in [0, 0.1) is 6.92 Å². The first-order valence-corrected chi connectivity index (χ1v) is 13.5. The van der Waals surface area contributed by atoms with Crippen molar-refractivity contribution in [1.29, 1.82) is 0 Å². The molecule has 0 heterocycles. The fourth-order valence-electron chi connectivity index (χ4n) is 4.82. The van der Waals surface area contributed by atoms with Gasteiger partial charge in [-0.15, -0.1) is 0 Å². The van der Waals surface area contributed by atoms with Crippen LogP contribution < -0.4 is 14.8 Å². The van der Waals surface area contributed by atoms with Gasteiger partial charge in [-0.05, 0) is 66.8 Å². The lowest BCUT2D eigenvalue weighted by molar-refractivity contribution is -0.143. The molecule has 3 aromatic rings. The van der Waals surface area contributed by atoms with Gasteiger partial charge in [0.2, 0.25) is 5.91 Å². The van der Waals surface area contributed by atoms with Crippen molar-refractivity contribution in [2.24, 2.45) is 0 Å². The zero-order chi connectivity index (χ0) is 26.9. The predicted octanol–water partition coefficient (Wildman–Crippen LogP) is 5.73. The fourth-order valence-corrected chi connectivity index (χ4v) is 4.94. The third-order valence-electron chi connectivity index (χ3n) is 6.95. The standard InChI is InChI=1S/C31H35ClN2O4/c1-22-17-27(15-16-28(22)32)38-21-30(35)34(20-24-11-8-14-26(18-24)37-2)29(19-23-9-4-3-5-10-23)31(36)33-25-12-6-7-13-25/h3-5,8-11,14-18,25,29H,6-7,12-13,19-21H2,1-2H3,(H,33,36). The average molecular weight is 535 g/mol. The maximum absolute atomic E-state index is 13.8. The van der Waals surface area contributed by atoms with Gasteiger partial charge in [0.05, 0.1) is 7.11 Å². The van der Waals surface area contributed by atoms with Crippen molar-refractivity contribution in [3.05, 3.63) is 94.5 Å². The molecule has 1 unspecified atom stereocenters. The third-order valence-corrected chi connectivity index (χ3v) is 7.38. The second kappa shape index (κ2) is 13.3. The van der Waals surface area contributed by atoms with E-state index in [4.69, 9.17) is 21.1 Å². The molecule has 7 heteroatoms. The molecular weight excluding hydrogens is 500 g/mol. The number of amides is 2. The number of halogens is 1. The molecule has 0 spiro atoms. The molecule has 1 fully saturated rings. The minimum atomic E-state index is -0.702. The number of carbonyl (C=O) groups is 2. The molecule has 38 heavy (non-hydrogen) atoms. The summed E-state index contributed by atoms with van der Waals surface area (Å²) < 4.78 is 11.3. The van der Waals surface area contributed by atoms with Crippen molar-refractivity contribution in [2.45, 2.75) is 57.7 Å². The van der Waals surface area contributed by atoms with Crippen LogP contribution in [0.25, 0.3) is 0 Å². The van der Waals surface area contributed by atoms with Crippen molar-refractivity contribution >= 4 is 23.4 Å². The quantitative estimate of drug-likeness (QED) is 0.341. The number of hydrogen-bond acceptors (Lipinski definition) is 4. The van der Waals surface area contributed by atoms with E-state index in [-0.39, 0.29) is 31.0 Å².